The smallest absolute Gasteiger partial charge is 0.336 e. The lowest BCUT2D eigenvalue weighted by molar-refractivity contribution is -0.130. The lowest BCUT2D eigenvalue weighted by Crippen LogP contribution is -2.00. The van der Waals surface area contributed by atoms with Crippen LogP contribution in [-0.4, -0.2) is 30.3 Å². The predicted molar refractivity (Wildman–Crippen MR) is 93.4 cm³/mol. The molecule has 0 unspecified atom stereocenters. The summed E-state index contributed by atoms with van der Waals surface area (Å²) < 4.78 is 10.5. The Bertz CT molecular complexity index is 924. The molecule has 0 atom stereocenters. The molecular weight excluding hydrogens is 306 g/mol. The number of aromatic amines is 1. The third-order valence-corrected chi connectivity index (χ3v) is 3.85. The quantitative estimate of drug-likeness (QED) is 0.700. The summed E-state index contributed by atoms with van der Waals surface area (Å²) in [6, 6.07) is 12.8. The summed E-state index contributed by atoms with van der Waals surface area (Å²) in [5.41, 5.74) is 2.50. The minimum absolute atomic E-state index is 0.181. The second-order valence-electron chi connectivity index (χ2n) is 5.22. The zero-order chi connectivity index (χ0) is 17.1. The van der Waals surface area contributed by atoms with E-state index in [4.69, 9.17) is 9.47 Å². The molecule has 3 rings (SSSR count). The highest BCUT2D eigenvalue weighted by molar-refractivity contribution is 6.21. The molecule has 2 N–H and O–H groups in total. The van der Waals surface area contributed by atoms with Gasteiger partial charge in [-0.1, -0.05) is 24.3 Å². The van der Waals surface area contributed by atoms with Crippen LogP contribution in [0.2, 0.25) is 0 Å². The zero-order valence-corrected chi connectivity index (χ0v) is 13.4. The van der Waals surface area contributed by atoms with Crippen molar-refractivity contribution < 1.29 is 19.4 Å². The third kappa shape index (κ3) is 2.84. The molecule has 0 radical (unpaired) electrons. The van der Waals surface area contributed by atoms with E-state index in [1.165, 1.54) is 14.2 Å². The number of H-pyrrole nitrogens is 1. The molecule has 0 saturated carbocycles. The number of hydrogen-bond acceptors (Lipinski definition) is 3. The number of benzene rings is 2. The Kier molecular flexibility index (Phi) is 4.24. The van der Waals surface area contributed by atoms with E-state index >= 15 is 0 Å². The lowest BCUT2D eigenvalue weighted by atomic mass is 10.0. The third-order valence-electron chi connectivity index (χ3n) is 3.85. The molecule has 0 aliphatic carbocycles. The summed E-state index contributed by atoms with van der Waals surface area (Å²) in [5.74, 6) is 0.0339. The number of rotatable bonds is 5. The topological polar surface area (TPSA) is 71.6 Å². The van der Waals surface area contributed by atoms with Crippen LogP contribution in [0.1, 0.15) is 11.1 Å². The van der Waals surface area contributed by atoms with Crippen LogP contribution in [-0.2, 0) is 4.79 Å². The van der Waals surface area contributed by atoms with Gasteiger partial charge in [0.25, 0.3) is 0 Å². The molecule has 122 valence electrons. The maximum atomic E-state index is 11.8. The van der Waals surface area contributed by atoms with Gasteiger partial charge in [-0.3, -0.25) is 0 Å². The number of nitrogens with one attached hydrogen (secondary N) is 1. The maximum Gasteiger partial charge on any atom is 0.336 e. The summed E-state index contributed by atoms with van der Waals surface area (Å²) in [5, 5.41) is 10.6. The molecule has 0 fully saturated rings. The average molecular weight is 323 g/mol. The second-order valence-corrected chi connectivity index (χ2v) is 5.22. The number of hydrogen-bond donors (Lipinski definition) is 2. The Morgan fingerprint density at radius 1 is 1.08 bits per heavy atom. The molecule has 2 aromatic carbocycles. The van der Waals surface area contributed by atoms with Gasteiger partial charge in [0.1, 0.15) is 0 Å². The van der Waals surface area contributed by atoms with Crippen molar-refractivity contribution in [1.29, 1.82) is 0 Å². The molecule has 5 heteroatoms. The van der Waals surface area contributed by atoms with Crippen LogP contribution in [0.15, 0.2) is 48.7 Å². The molecule has 24 heavy (non-hydrogen) atoms. The summed E-state index contributed by atoms with van der Waals surface area (Å²) in [6.07, 6.45) is 3.46. The van der Waals surface area contributed by atoms with Gasteiger partial charge in [0, 0.05) is 22.7 Å². The van der Waals surface area contributed by atoms with Gasteiger partial charge in [0.05, 0.1) is 19.8 Å². The molecule has 0 saturated heterocycles. The Morgan fingerprint density at radius 2 is 1.83 bits per heavy atom. The summed E-state index contributed by atoms with van der Waals surface area (Å²) >= 11 is 0. The van der Waals surface area contributed by atoms with Crippen molar-refractivity contribution in [2.75, 3.05) is 14.2 Å². The first-order valence-corrected chi connectivity index (χ1v) is 7.37. The van der Waals surface area contributed by atoms with E-state index in [-0.39, 0.29) is 5.57 Å². The predicted octanol–water partition coefficient (Wildman–Crippen LogP) is 3.81. The molecule has 0 aliphatic heterocycles. The number of ether oxygens (including phenoxy) is 2. The first kappa shape index (κ1) is 15.7. The molecule has 3 aromatic rings. The van der Waals surface area contributed by atoms with Gasteiger partial charge in [-0.15, -0.1) is 0 Å². The van der Waals surface area contributed by atoms with Gasteiger partial charge in [0.15, 0.2) is 11.5 Å². The van der Waals surface area contributed by atoms with E-state index in [1.807, 2.05) is 24.3 Å². The van der Waals surface area contributed by atoms with E-state index in [1.54, 1.807) is 30.5 Å². The molecule has 5 nitrogen and oxygen atoms in total. The van der Waals surface area contributed by atoms with Gasteiger partial charge in [0.2, 0.25) is 0 Å². The van der Waals surface area contributed by atoms with Crippen molar-refractivity contribution in [2.24, 2.45) is 0 Å². The van der Waals surface area contributed by atoms with Crippen molar-refractivity contribution in [3.05, 3.63) is 59.8 Å². The lowest BCUT2D eigenvalue weighted by Gasteiger charge is -2.10. The monoisotopic (exact) mass is 323 g/mol. The number of para-hydroxylation sites is 1. The van der Waals surface area contributed by atoms with E-state index in [0.29, 0.717) is 17.1 Å². The standard InChI is InChI=1S/C19H17NO4/c1-23-17-8-7-12(10-18(17)24-2)15(19(21)22)9-13-11-20-16-6-4-3-5-14(13)16/h3-11,20H,1-2H3,(H,21,22). The van der Waals surface area contributed by atoms with Gasteiger partial charge in [-0.05, 0) is 29.8 Å². The fourth-order valence-corrected chi connectivity index (χ4v) is 2.64. The van der Waals surface area contributed by atoms with Gasteiger partial charge < -0.3 is 19.6 Å². The van der Waals surface area contributed by atoms with Crippen LogP contribution < -0.4 is 9.47 Å². The Balaban J connectivity index is 2.12. The number of fused-ring (bicyclic) bond motifs is 1. The Morgan fingerprint density at radius 3 is 2.54 bits per heavy atom. The largest absolute Gasteiger partial charge is 0.493 e. The van der Waals surface area contributed by atoms with Crippen LogP contribution in [0.4, 0.5) is 0 Å². The van der Waals surface area contributed by atoms with Crippen molar-refractivity contribution in [3.8, 4) is 11.5 Å². The number of methoxy groups -OCH3 is 2. The van der Waals surface area contributed by atoms with E-state index < -0.39 is 5.97 Å². The summed E-state index contributed by atoms with van der Waals surface area (Å²) in [4.78, 5) is 14.9. The number of aliphatic carboxylic acids is 1. The van der Waals surface area contributed by atoms with E-state index in [9.17, 15) is 9.90 Å². The summed E-state index contributed by atoms with van der Waals surface area (Å²) in [6.45, 7) is 0. The van der Waals surface area contributed by atoms with Gasteiger partial charge in [-0.25, -0.2) is 4.79 Å². The van der Waals surface area contributed by atoms with Crippen LogP contribution in [0.3, 0.4) is 0 Å². The van der Waals surface area contributed by atoms with E-state index in [2.05, 4.69) is 4.98 Å². The number of carboxylic acids is 1. The Labute approximate surface area is 139 Å². The van der Waals surface area contributed by atoms with Gasteiger partial charge in [-0.2, -0.15) is 0 Å². The average Bonchev–Trinajstić information content (AvgIpc) is 3.02. The first-order chi connectivity index (χ1) is 11.6. The number of carboxylic acid groups (broad SMARTS) is 1. The molecule has 0 amide bonds. The second kappa shape index (κ2) is 6.50. The SMILES string of the molecule is COc1ccc(C(=Cc2c[nH]c3ccccc23)C(=O)O)cc1OC. The van der Waals surface area contributed by atoms with Crippen molar-refractivity contribution in [3.63, 3.8) is 0 Å². The van der Waals surface area contributed by atoms with E-state index in [0.717, 1.165) is 16.5 Å². The fourth-order valence-electron chi connectivity index (χ4n) is 2.64. The number of carbonyl (C=O) groups is 1. The number of aromatic nitrogens is 1. The molecular formula is C19H17NO4. The van der Waals surface area contributed by atoms with Crippen molar-refractivity contribution in [2.45, 2.75) is 0 Å². The molecule has 1 aromatic heterocycles. The zero-order valence-electron chi connectivity index (χ0n) is 13.4. The molecule has 1 heterocycles. The van der Waals surface area contributed by atoms with Crippen LogP contribution >= 0.6 is 0 Å². The molecule has 0 bridgehead atoms. The van der Waals surface area contributed by atoms with Crippen molar-refractivity contribution >= 4 is 28.5 Å². The highest BCUT2D eigenvalue weighted by Crippen LogP contribution is 2.32. The van der Waals surface area contributed by atoms with Crippen molar-refractivity contribution in [1.82, 2.24) is 4.98 Å². The van der Waals surface area contributed by atoms with Crippen LogP contribution in [0.5, 0.6) is 11.5 Å². The first-order valence-electron chi connectivity index (χ1n) is 7.37. The summed E-state index contributed by atoms with van der Waals surface area (Å²) in [7, 11) is 3.06. The van der Waals surface area contributed by atoms with Crippen LogP contribution in [0, 0.1) is 0 Å². The molecule has 0 spiro atoms. The van der Waals surface area contributed by atoms with Crippen LogP contribution in [0.25, 0.3) is 22.6 Å². The highest BCUT2D eigenvalue weighted by Gasteiger charge is 2.15. The highest BCUT2D eigenvalue weighted by atomic mass is 16.5. The van der Waals surface area contributed by atoms with Gasteiger partial charge >= 0.3 is 5.97 Å². The fraction of sp³-hybridized carbons (Fsp3) is 0.105. The molecule has 0 aliphatic rings. The minimum Gasteiger partial charge on any atom is -0.493 e. The minimum atomic E-state index is -1.01. The maximum absolute atomic E-state index is 11.8. The normalized spacial score (nSPS) is 11.5. The Hall–Kier alpha value is -3.21.